The monoisotopic (exact) mass is 336 g/mol. The second-order valence-electron chi connectivity index (χ2n) is 6.97. The molecule has 0 heterocycles. The third-order valence-corrected chi connectivity index (χ3v) is 3.75. The highest BCUT2D eigenvalue weighted by atomic mass is 16.6. The van der Waals surface area contributed by atoms with E-state index < -0.39 is 5.60 Å². The molecule has 5 heteroatoms. The van der Waals surface area contributed by atoms with Crippen molar-refractivity contribution in [1.82, 2.24) is 0 Å². The van der Waals surface area contributed by atoms with Gasteiger partial charge in [0.15, 0.2) is 0 Å². The van der Waals surface area contributed by atoms with Gasteiger partial charge < -0.3 is 14.2 Å². The third-order valence-electron chi connectivity index (χ3n) is 3.75. The zero-order chi connectivity index (χ0) is 18.3. The molecule has 0 aliphatic heterocycles. The predicted octanol–water partition coefficient (Wildman–Crippen LogP) is 3.91. The van der Waals surface area contributed by atoms with Crippen LogP contribution in [-0.4, -0.2) is 24.6 Å². The smallest absolute Gasteiger partial charge is 0.314 e. The molecular formula is C19H28O5. The molecule has 0 saturated heterocycles. The van der Waals surface area contributed by atoms with Crippen LogP contribution >= 0.6 is 0 Å². The number of hydrogen-bond donors (Lipinski definition) is 0. The number of carbonyl (C=O) groups excluding carboxylic acids is 2. The van der Waals surface area contributed by atoms with E-state index in [9.17, 15) is 9.59 Å². The number of esters is 2. The van der Waals surface area contributed by atoms with E-state index in [0.29, 0.717) is 31.4 Å². The first kappa shape index (κ1) is 20.0. The molecule has 0 N–H and O–H groups in total. The van der Waals surface area contributed by atoms with Gasteiger partial charge in [-0.2, -0.15) is 0 Å². The molecule has 0 spiro atoms. The van der Waals surface area contributed by atoms with Crippen molar-refractivity contribution in [2.45, 2.75) is 52.1 Å². The second kappa shape index (κ2) is 8.71. The van der Waals surface area contributed by atoms with E-state index in [4.69, 9.17) is 14.2 Å². The van der Waals surface area contributed by atoms with Crippen LogP contribution in [0.5, 0.6) is 0 Å². The Morgan fingerprint density at radius 3 is 1.83 bits per heavy atom. The van der Waals surface area contributed by atoms with Gasteiger partial charge in [0.05, 0.1) is 18.9 Å². The molecule has 0 radical (unpaired) electrons. The molecule has 0 atom stereocenters. The molecule has 134 valence electrons. The van der Waals surface area contributed by atoms with Crippen LogP contribution in [0.2, 0.25) is 0 Å². The molecule has 0 bridgehead atoms. The quantitative estimate of drug-likeness (QED) is 0.418. The van der Waals surface area contributed by atoms with Crippen molar-refractivity contribution < 1.29 is 23.8 Å². The van der Waals surface area contributed by atoms with Gasteiger partial charge in [-0.15, -0.1) is 0 Å². The summed E-state index contributed by atoms with van der Waals surface area (Å²) in [6.45, 7) is 12.9. The van der Waals surface area contributed by atoms with Crippen molar-refractivity contribution >= 4 is 11.9 Å². The van der Waals surface area contributed by atoms with Crippen molar-refractivity contribution in [3.63, 3.8) is 0 Å². The maximum atomic E-state index is 12.1. The molecule has 1 fully saturated rings. The van der Waals surface area contributed by atoms with Gasteiger partial charge in [0.1, 0.15) is 17.1 Å². The Labute approximate surface area is 144 Å². The van der Waals surface area contributed by atoms with Crippen LogP contribution in [0, 0.1) is 11.8 Å². The topological polar surface area (TPSA) is 61.8 Å². The Balaban J connectivity index is 2.43. The number of carbonyl (C=O) groups is 2. The standard InChI is InChI=1S/C19H28O5/c1-13(22-6)7-8-14(2)23-17(20)15-9-11-16(12-10-15)18(21)24-19(3,4)5/h7-8,15-16H,1-2,9-12H2,3-6H3/b8-7-. The van der Waals surface area contributed by atoms with Crippen LogP contribution < -0.4 is 0 Å². The third kappa shape index (κ3) is 7.02. The summed E-state index contributed by atoms with van der Waals surface area (Å²) < 4.78 is 15.5. The van der Waals surface area contributed by atoms with Gasteiger partial charge in [-0.05, 0) is 58.6 Å². The fraction of sp³-hybridized carbons (Fsp3) is 0.579. The van der Waals surface area contributed by atoms with Crippen molar-refractivity contribution in [3.05, 3.63) is 36.8 Å². The maximum Gasteiger partial charge on any atom is 0.314 e. The summed E-state index contributed by atoms with van der Waals surface area (Å²) in [5.41, 5.74) is -0.483. The molecule has 1 saturated carbocycles. The van der Waals surface area contributed by atoms with E-state index in [0.717, 1.165) is 0 Å². The largest absolute Gasteiger partial charge is 0.497 e. The van der Waals surface area contributed by atoms with Crippen LogP contribution in [0.1, 0.15) is 46.5 Å². The average molecular weight is 336 g/mol. The molecule has 24 heavy (non-hydrogen) atoms. The minimum absolute atomic E-state index is 0.138. The number of methoxy groups -OCH3 is 1. The Kier molecular flexibility index (Phi) is 7.26. The van der Waals surface area contributed by atoms with Gasteiger partial charge in [0.25, 0.3) is 0 Å². The second-order valence-corrected chi connectivity index (χ2v) is 6.97. The summed E-state index contributed by atoms with van der Waals surface area (Å²) in [5.74, 6) is -0.145. The van der Waals surface area contributed by atoms with Crippen LogP contribution in [0.3, 0.4) is 0 Å². The molecule has 1 aliphatic rings. The molecule has 0 aromatic carbocycles. The van der Waals surface area contributed by atoms with Gasteiger partial charge in [-0.3, -0.25) is 9.59 Å². The average Bonchev–Trinajstić information content (AvgIpc) is 2.51. The van der Waals surface area contributed by atoms with Crippen LogP contribution in [0.15, 0.2) is 36.8 Å². The maximum absolute atomic E-state index is 12.1. The fourth-order valence-electron chi connectivity index (χ4n) is 2.45. The molecule has 1 rings (SSSR count). The van der Waals surface area contributed by atoms with E-state index in [2.05, 4.69) is 13.2 Å². The molecular weight excluding hydrogens is 308 g/mol. The van der Waals surface area contributed by atoms with Gasteiger partial charge in [-0.25, -0.2) is 0 Å². The Morgan fingerprint density at radius 2 is 1.38 bits per heavy atom. The van der Waals surface area contributed by atoms with Gasteiger partial charge in [-0.1, -0.05) is 13.2 Å². The Morgan fingerprint density at radius 1 is 0.917 bits per heavy atom. The van der Waals surface area contributed by atoms with E-state index in [-0.39, 0.29) is 29.5 Å². The highest BCUT2D eigenvalue weighted by Crippen LogP contribution is 2.31. The Hall–Kier alpha value is -2.04. The molecule has 0 unspecified atom stereocenters. The first-order chi connectivity index (χ1) is 11.1. The summed E-state index contributed by atoms with van der Waals surface area (Å²) >= 11 is 0. The molecule has 1 aliphatic carbocycles. The lowest BCUT2D eigenvalue weighted by Crippen LogP contribution is -2.32. The lowest BCUT2D eigenvalue weighted by Gasteiger charge is -2.28. The van der Waals surface area contributed by atoms with Crippen LogP contribution in [-0.2, 0) is 23.8 Å². The van der Waals surface area contributed by atoms with E-state index in [1.807, 2.05) is 20.8 Å². The number of ether oxygens (including phenoxy) is 3. The Bertz CT molecular complexity index is 516. The molecule has 0 aromatic rings. The minimum Gasteiger partial charge on any atom is -0.497 e. The fourth-order valence-corrected chi connectivity index (χ4v) is 2.45. The van der Waals surface area contributed by atoms with E-state index in [1.165, 1.54) is 13.2 Å². The van der Waals surface area contributed by atoms with Crippen LogP contribution in [0.25, 0.3) is 0 Å². The lowest BCUT2D eigenvalue weighted by molar-refractivity contribution is -0.162. The highest BCUT2D eigenvalue weighted by molar-refractivity contribution is 5.76. The van der Waals surface area contributed by atoms with E-state index in [1.54, 1.807) is 6.08 Å². The van der Waals surface area contributed by atoms with Gasteiger partial charge in [0.2, 0.25) is 0 Å². The lowest BCUT2D eigenvalue weighted by atomic mass is 9.82. The molecule has 0 aromatic heterocycles. The summed E-state index contributed by atoms with van der Waals surface area (Å²) in [5, 5.41) is 0. The molecule has 0 amide bonds. The zero-order valence-electron chi connectivity index (χ0n) is 15.1. The van der Waals surface area contributed by atoms with Crippen molar-refractivity contribution in [1.29, 1.82) is 0 Å². The predicted molar refractivity (Wildman–Crippen MR) is 91.8 cm³/mol. The zero-order valence-corrected chi connectivity index (χ0v) is 15.1. The van der Waals surface area contributed by atoms with Crippen LogP contribution in [0.4, 0.5) is 0 Å². The first-order valence-electron chi connectivity index (χ1n) is 8.17. The number of hydrogen-bond acceptors (Lipinski definition) is 5. The van der Waals surface area contributed by atoms with Crippen molar-refractivity contribution in [2.75, 3.05) is 7.11 Å². The van der Waals surface area contributed by atoms with Crippen molar-refractivity contribution in [3.8, 4) is 0 Å². The van der Waals surface area contributed by atoms with E-state index >= 15 is 0 Å². The van der Waals surface area contributed by atoms with Gasteiger partial charge >= 0.3 is 11.9 Å². The summed E-state index contributed by atoms with van der Waals surface area (Å²) in [6, 6.07) is 0. The first-order valence-corrected chi connectivity index (χ1v) is 8.17. The minimum atomic E-state index is -0.483. The highest BCUT2D eigenvalue weighted by Gasteiger charge is 2.33. The SMILES string of the molecule is C=C(/C=C\C(=C)OC(=O)C1CCC(C(=O)OC(C)(C)C)CC1)OC. The molecule has 5 nitrogen and oxygen atoms in total. The summed E-state index contributed by atoms with van der Waals surface area (Å²) in [7, 11) is 1.50. The number of rotatable bonds is 6. The summed E-state index contributed by atoms with van der Waals surface area (Å²) in [6.07, 6.45) is 5.62. The number of allylic oxidation sites excluding steroid dienone is 2. The normalized spacial score (nSPS) is 21.2. The van der Waals surface area contributed by atoms with Gasteiger partial charge in [0, 0.05) is 0 Å². The van der Waals surface area contributed by atoms with Crippen molar-refractivity contribution in [2.24, 2.45) is 11.8 Å². The summed E-state index contributed by atoms with van der Waals surface area (Å²) in [4.78, 5) is 24.2.